The van der Waals surface area contributed by atoms with Crippen molar-refractivity contribution < 1.29 is 35.1 Å². The lowest BCUT2D eigenvalue weighted by Gasteiger charge is -2.63. The number of halogens is 12. The number of benzene rings is 11. The summed E-state index contributed by atoms with van der Waals surface area (Å²) in [4.78, 5) is 0. The Morgan fingerprint density at radius 3 is 0.500 bits per heavy atom. The molecule has 0 nitrogen and oxygen atoms in total. The van der Waals surface area contributed by atoms with Crippen LogP contribution in [0.2, 0.25) is 20.1 Å². The van der Waals surface area contributed by atoms with Crippen molar-refractivity contribution in [3.63, 3.8) is 0 Å². The number of hydrogen-bond donors (Lipinski definition) is 0. The third kappa shape index (κ3) is 6.65. The molecule has 0 atom stereocenters. The van der Waals surface area contributed by atoms with Gasteiger partial charge in [-0.2, -0.15) is 0 Å². The van der Waals surface area contributed by atoms with Gasteiger partial charge in [-0.15, -0.1) is 0 Å². The van der Waals surface area contributed by atoms with Crippen LogP contribution >= 0.6 is 46.4 Å². The Morgan fingerprint density at radius 2 is 0.375 bits per heavy atom. The van der Waals surface area contributed by atoms with Gasteiger partial charge in [-0.25, -0.2) is 35.1 Å². The Morgan fingerprint density at radius 1 is 0.237 bits per heavy atom. The summed E-state index contributed by atoms with van der Waals surface area (Å²) in [5.74, 6) is -5.39. The molecule has 394 valence electrons. The Hall–Kier alpha value is -7.46. The molecular formula is C68H38Cl4F8. The second-order valence-electron chi connectivity index (χ2n) is 20.6. The second kappa shape index (κ2) is 18.5. The average molecular weight is 1150 g/mol. The molecule has 2 aliphatic carbocycles. The molecule has 0 bridgehead atoms. The van der Waals surface area contributed by atoms with Crippen LogP contribution in [-0.2, 0) is 21.7 Å². The van der Waals surface area contributed by atoms with Crippen molar-refractivity contribution in [3.8, 4) is 0 Å². The molecule has 0 aromatic heterocycles. The first-order valence-corrected chi connectivity index (χ1v) is 26.9. The quantitative estimate of drug-likeness (QED) is 0.105. The van der Waals surface area contributed by atoms with Crippen LogP contribution in [0.5, 0.6) is 0 Å². The Bertz CT molecular complexity index is 3730. The van der Waals surface area contributed by atoms with Crippen molar-refractivity contribution in [3.05, 3.63) is 339 Å². The summed E-state index contributed by atoms with van der Waals surface area (Å²) in [7, 11) is 0. The molecular weight excluding hydrogens is 1110 g/mol. The zero-order valence-electron chi connectivity index (χ0n) is 42.0. The molecule has 0 unspecified atom stereocenters. The van der Waals surface area contributed by atoms with Crippen LogP contribution < -0.4 is 0 Å². The van der Waals surface area contributed by atoms with E-state index < -0.39 is 68.2 Å². The lowest BCUT2D eigenvalue weighted by Crippen LogP contribution is -2.62. The van der Waals surface area contributed by atoms with Gasteiger partial charge in [0.05, 0.1) is 41.8 Å². The molecule has 11 aromatic carbocycles. The minimum atomic E-state index is -1.83. The maximum Gasteiger partial charge on any atom is 0.123 e. The van der Waals surface area contributed by atoms with Gasteiger partial charge < -0.3 is 0 Å². The van der Waals surface area contributed by atoms with Crippen LogP contribution in [0.1, 0.15) is 77.9 Å². The zero-order chi connectivity index (χ0) is 55.9. The van der Waals surface area contributed by atoms with Crippen molar-refractivity contribution in [2.45, 2.75) is 35.5 Å². The summed E-state index contributed by atoms with van der Waals surface area (Å²) < 4.78 is 130. The Labute approximate surface area is 474 Å². The normalized spacial score (nSPS) is 15.3. The molecule has 0 aliphatic heterocycles. The summed E-state index contributed by atoms with van der Waals surface area (Å²) >= 11 is 32.5. The summed E-state index contributed by atoms with van der Waals surface area (Å²) in [6.07, 6.45) is 0. The van der Waals surface area contributed by atoms with Crippen LogP contribution in [0.4, 0.5) is 35.1 Å². The van der Waals surface area contributed by atoms with Gasteiger partial charge in [0.1, 0.15) is 46.5 Å². The fourth-order valence-electron chi connectivity index (χ4n) is 14.4. The third-order valence-electron chi connectivity index (χ3n) is 16.9. The molecule has 0 N–H and O–H groups in total. The first kappa shape index (κ1) is 51.9. The van der Waals surface area contributed by atoms with Gasteiger partial charge in [0.25, 0.3) is 0 Å². The van der Waals surface area contributed by atoms with E-state index >= 15 is 35.1 Å². The van der Waals surface area contributed by atoms with Crippen molar-refractivity contribution in [1.29, 1.82) is 0 Å². The van der Waals surface area contributed by atoms with Crippen LogP contribution in [0.25, 0.3) is 21.5 Å². The van der Waals surface area contributed by atoms with E-state index in [1.54, 1.807) is 62.4 Å². The highest BCUT2D eigenvalue weighted by atomic mass is 35.5. The van der Waals surface area contributed by atoms with E-state index in [1.807, 2.05) is 0 Å². The molecule has 0 heterocycles. The topological polar surface area (TPSA) is 0 Å². The fraction of sp³-hybridized carbons (Fsp3) is 0.0882. The lowest BCUT2D eigenvalue weighted by molar-refractivity contribution is 0.348. The summed E-state index contributed by atoms with van der Waals surface area (Å²) in [5, 5.41) is 1.48. The van der Waals surface area contributed by atoms with Crippen LogP contribution in [0.3, 0.4) is 0 Å². The van der Waals surface area contributed by atoms with E-state index in [9.17, 15) is 0 Å². The second-order valence-corrected chi connectivity index (χ2v) is 22.1. The van der Waals surface area contributed by atoms with Gasteiger partial charge in [-0.1, -0.05) is 143 Å². The number of hydrogen-bond acceptors (Lipinski definition) is 0. The lowest BCUT2D eigenvalue weighted by atomic mass is 9.38. The number of rotatable bonds is 8. The highest BCUT2D eigenvalue weighted by Crippen LogP contribution is 2.75. The molecule has 12 heteroatoms. The summed E-state index contributed by atoms with van der Waals surface area (Å²) in [5.41, 5.74) is -3.60. The molecule has 0 spiro atoms. The Balaban J connectivity index is 1.28. The minimum absolute atomic E-state index is 0.0455. The van der Waals surface area contributed by atoms with E-state index in [-0.39, 0.29) is 86.9 Å². The van der Waals surface area contributed by atoms with E-state index in [0.29, 0.717) is 32.7 Å². The first-order valence-electron chi connectivity index (χ1n) is 25.3. The van der Waals surface area contributed by atoms with Crippen molar-refractivity contribution >= 4 is 67.9 Å². The molecule has 0 fully saturated rings. The fourth-order valence-corrected chi connectivity index (χ4v) is 16.3. The maximum atomic E-state index is 16.2. The zero-order valence-corrected chi connectivity index (χ0v) is 45.0. The van der Waals surface area contributed by atoms with E-state index in [1.165, 1.54) is 146 Å². The highest BCUT2D eigenvalue weighted by Gasteiger charge is 2.71. The highest BCUT2D eigenvalue weighted by molar-refractivity contribution is 6.48. The number of aryl methyl sites for hydroxylation is 2. The standard InChI is InChI=1S/C68H38Cl4F8/c1-35-53-55(63(71)59-57(61(53)69)65(37-11-3-19-45(73)27-37,38-12-4-20-46(74)28-38)67(59,41-15-7-23-49(77)31-41)42-16-8-24-50(78)32-42)36(2)56-54(35)62(70)58-60(64(56)72)68(43-17-9-25-51(79)33-43,44-18-10-26-52(80)34-44)66(58,39-13-5-21-47(75)29-39)40-14-6-22-48(76)30-40/h3-34H,1-2H3. The molecule has 0 amide bonds. The van der Waals surface area contributed by atoms with Crippen molar-refractivity contribution in [2.75, 3.05) is 0 Å². The average Bonchev–Trinajstić information content (AvgIpc) is 3.15. The van der Waals surface area contributed by atoms with Gasteiger partial charge >= 0.3 is 0 Å². The molecule has 0 radical (unpaired) electrons. The van der Waals surface area contributed by atoms with E-state index in [4.69, 9.17) is 46.4 Å². The SMILES string of the molecule is Cc1c2c(Cl)c3c(c(Cl)c2c(C)c2c(Cl)c4c(c(Cl)c12)C(c1cccc(F)c1)(c1cccc(F)c1)C4(c1cccc(F)c1)c1cccc(F)c1)C(c1cccc(F)c1)(c1cccc(F)c1)C3(c1cccc(F)c1)c1cccc(F)c1. The van der Waals surface area contributed by atoms with Gasteiger partial charge in [0.2, 0.25) is 0 Å². The Kier molecular flexibility index (Phi) is 12.0. The molecule has 0 saturated carbocycles. The predicted molar refractivity (Wildman–Crippen MR) is 302 cm³/mol. The van der Waals surface area contributed by atoms with Gasteiger partial charge in [-0.3, -0.25) is 0 Å². The molecule has 2 aliphatic rings. The maximum absolute atomic E-state index is 16.2. The van der Waals surface area contributed by atoms with Crippen molar-refractivity contribution in [2.24, 2.45) is 0 Å². The monoisotopic (exact) mass is 1150 g/mol. The van der Waals surface area contributed by atoms with Crippen LogP contribution in [0, 0.1) is 60.4 Å². The molecule has 13 rings (SSSR count). The summed E-state index contributed by atoms with van der Waals surface area (Å²) in [6.45, 7) is 3.50. The largest absolute Gasteiger partial charge is 0.207 e. The minimum Gasteiger partial charge on any atom is -0.207 e. The van der Waals surface area contributed by atoms with Crippen molar-refractivity contribution in [1.82, 2.24) is 0 Å². The first-order chi connectivity index (χ1) is 38.4. The van der Waals surface area contributed by atoms with E-state index in [0.717, 1.165) is 0 Å². The smallest absolute Gasteiger partial charge is 0.123 e. The van der Waals surface area contributed by atoms with E-state index in [2.05, 4.69) is 0 Å². The van der Waals surface area contributed by atoms with Gasteiger partial charge in [0, 0.05) is 21.5 Å². The molecule has 11 aromatic rings. The molecule has 0 saturated heterocycles. The third-order valence-corrected chi connectivity index (χ3v) is 18.5. The number of fused-ring (bicyclic) bond motifs is 4. The van der Waals surface area contributed by atoms with Gasteiger partial charge in [0.15, 0.2) is 0 Å². The predicted octanol–water partition coefficient (Wildman–Crippen LogP) is 19.7. The van der Waals surface area contributed by atoms with Crippen LogP contribution in [-0.4, -0.2) is 0 Å². The summed E-state index contributed by atoms with van der Waals surface area (Å²) in [6, 6.07) is 45.3. The molecule has 80 heavy (non-hydrogen) atoms. The van der Waals surface area contributed by atoms with Gasteiger partial charge in [-0.05, 0) is 189 Å². The van der Waals surface area contributed by atoms with Crippen LogP contribution in [0.15, 0.2) is 194 Å².